The van der Waals surface area contributed by atoms with Crippen molar-refractivity contribution >= 4 is 11.9 Å². The third-order valence-corrected chi connectivity index (χ3v) is 4.52. The molecule has 1 aliphatic carbocycles. The molecule has 3 unspecified atom stereocenters. The van der Waals surface area contributed by atoms with Crippen LogP contribution in [0, 0.1) is 11.8 Å². The van der Waals surface area contributed by atoms with Gasteiger partial charge >= 0.3 is 11.9 Å². The van der Waals surface area contributed by atoms with Gasteiger partial charge in [0.2, 0.25) is 0 Å². The Hall–Kier alpha value is -1.92. The van der Waals surface area contributed by atoms with Gasteiger partial charge in [0.25, 0.3) is 0 Å². The predicted molar refractivity (Wildman–Crippen MR) is 85.7 cm³/mol. The molecule has 1 aromatic rings. The molecule has 6 heteroatoms. The second kappa shape index (κ2) is 8.26. The Morgan fingerprint density at radius 2 is 1.79 bits per heavy atom. The van der Waals surface area contributed by atoms with Crippen molar-refractivity contribution in [3.63, 3.8) is 0 Å². The highest BCUT2D eigenvalue weighted by Gasteiger charge is 2.51. The quantitative estimate of drug-likeness (QED) is 0.732. The summed E-state index contributed by atoms with van der Waals surface area (Å²) in [5.41, 5.74) is -0.299. The van der Waals surface area contributed by atoms with Gasteiger partial charge in [-0.3, -0.25) is 9.59 Å². The van der Waals surface area contributed by atoms with Crippen LogP contribution in [0.2, 0.25) is 0 Å². The number of hydrogen-bond acceptors (Lipinski definition) is 6. The average Bonchev–Trinajstić information content (AvgIpc) is 2.96. The molecule has 0 saturated heterocycles. The third kappa shape index (κ3) is 4.55. The van der Waals surface area contributed by atoms with Gasteiger partial charge in [-0.05, 0) is 31.2 Å². The lowest BCUT2D eigenvalue weighted by molar-refractivity contribution is -0.158. The molecule has 1 fully saturated rings. The number of rotatable bonds is 7. The first kappa shape index (κ1) is 18.4. The van der Waals surface area contributed by atoms with Gasteiger partial charge in [0.05, 0.1) is 24.5 Å². The molecule has 1 aromatic carbocycles. The van der Waals surface area contributed by atoms with E-state index in [0.717, 1.165) is 5.56 Å². The standard InChI is InChI=1S/C18H24O6/c1-23-16(20)14-10-18(22,8-5-9-19)11-15(14)17(21)24-12-13-6-3-2-4-7-13/h2-4,6-7,14-15,19,22H,5,8-12H2,1H3. The van der Waals surface area contributed by atoms with Crippen molar-refractivity contribution in [1.82, 2.24) is 0 Å². The van der Waals surface area contributed by atoms with Crippen molar-refractivity contribution in [2.45, 2.75) is 37.9 Å². The average molecular weight is 336 g/mol. The maximum absolute atomic E-state index is 12.4. The van der Waals surface area contributed by atoms with Gasteiger partial charge in [0.1, 0.15) is 6.61 Å². The minimum Gasteiger partial charge on any atom is -0.469 e. The van der Waals surface area contributed by atoms with Crippen molar-refractivity contribution in [3.8, 4) is 0 Å². The molecule has 0 heterocycles. The van der Waals surface area contributed by atoms with Crippen LogP contribution in [-0.2, 0) is 25.7 Å². The molecule has 132 valence electrons. The largest absolute Gasteiger partial charge is 0.469 e. The van der Waals surface area contributed by atoms with Gasteiger partial charge in [0, 0.05) is 6.61 Å². The summed E-state index contributed by atoms with van der Waals surface area (Å²) in [4.78, 5) is 24.4. The van der Waals surface area contributed by atoms with Gasteiger partial charge in [0.15, 0.2) is 0 Å². The molecule has 0 aliphatic heterocycles. The molecule has 3 atom stereocenters. The number of aliphatic hydroxyl groups excluding tert-OH is 1. The maximum atomic E-state index is 12.4. The first-order valence-corrected chi connectivity index (χ1v) is 8.11. The Bertz CT molecular complexity index is 558. The topological polar surface area (TPSA) is 93.1 Å². The Balaban J connectivity index is 2.03. The number of carbonyl (C=O) groups is 2. The minimum absolute atomic E-state index is 0.0473. The number of esters is 2. The summed E-state index contributed by atoms with van der Waals surface area (Å²) in [6, 6.07) is 9.26. The molecule has 0 amide bonds. The smallest absolute Gasteiger partial charge is 0.310 e. The third-order valence-electron chi connectivity index (χ3n) is 4.52. The van der Waals surface area contributed by atoms with Gasteiger partial charge in [-0.15, -0.1) is 0 Å². The highest BCUT2D eigenvalue weighted by Crippen LogP contribution is 2.43. The zero-order valence-electron chi connectivity index (χ0n) is 13.8. The molecule has 2 N–H and O–H groups in total. The van der Waals surface area contributed by atoms with Crippen molar-refractivity contribution in [3.05, 3.63) is 35.9 Å². The van der Waals surface area contributed by atoms with Gasteiger partial charge in [-0.1, -0.05) is 30.3 Å². The lowest BCUT2D eigenvalue weighted by Crippen LogP contribution is -2.27. The number of methoxy groups -OCH3 is 1. The fourth-order valence-electron chi connectivity index (χ4n) is 3.28. The van der Waals surface area contributed by atoms with E-state index in [1.165, 1.54) is 7.11 Å². The van der Waals surface area contributed by atoms with E-state index < -0.39 is 29.4 Å². The molecule has 2 rings (SSSR count). The molecule has 0 bridgehead atoms. The Morgan fingerprint density at radius 3 is 2.38 bits per heavy atom. The van der Waals surface area contributed by atoms with Crippen LogP contribution in [0.4, 0.5) is 0 Å². The van der Waals surface area contributed by atoms with Crippen LogP contribution >= 0.6 is 0 Å². The lowest BCUT2D eigenvalue weighted by atomic mass is 9.94. The van der Waals surface area contributed by atoms with E-state index in [1.807, 2.05) is 30.3 Å². The predicted octanol–water partition coefficient (Wildman–Crippen LogP) is 1.43. The van der Waals surface area contributed by atoms with E-state index in [2.05, 4.69) is 0 Å². The summed E-state index contributed by atoms with van der Waals surface area (Å²) >= 11 is 0. The number of ether oxygens (including phenoxy) is 2. The fourth-order valence-corrected chi connectivity index (χ4v) is 3.28. The van der Waals surface area contributed by atoms with Crippen LogP contribution in [0.5, 0.6) is 0 Å². The molecule has 1 aliphatic rings. The second-order valence-electron chi connectivity index (χ2n) is 6.29. The Kier molecular flexibility index (Phi) is 6.34. The lowest BCUT2D eigenvalue weighted by Gasteiger charge is -2.21. The van der Waals surface area contributed by atoms with E-state index >= 15 is 0 Å². The highest BCUT2D eigenvalue weighted by molar-refractivity contribution is 5.83. The van der Waals surface area contributed by atoms with Crippen LogP contribution in [0.25, 0.3) is 0 Å². The second-order valence-corrected chi connectivity index (χ2v) is 6.29. The van der Waals surface area contributed by atoms with Crippen molar-refractivity contribution < 1.29 is 29.3 Å². The van der Waals surface area contributed by atoms with E-state index in [4.69, 9.17) is 14.6 Å². The molecule has 0 spiro atoms. The molecule has 0 aromatic heterocycles. The number of benzene rings is 1. The zero-order valence-corrected chi connectivity index (χ0v) is 13.8. The summed E-state index contributed by atoms with van der Waals surface area (Å²) in [5, 5.41) is 19.6. The van der Waals surface area contributed by atoms with Crippen LogP contribution in [-0.4, -0.2) is 41.5 Å². The van der Waals surface area contributed by atoms with Crippen molar-refractivity contribution in [2.75, 3.05) is 13.7 Å². The number of aliphatic hydroxyl groups is 2. The normalized spacial score (nSPS) is 26.1. The SMILES string of the molecule is COC(=O)C1CC(O)(CCCO)CC1C(=O)OCc1ccccc1. The van der Waals surface area contributed by atoms with Gasteiger partial charge in [-0.2, -0.15) is 0 Å². The first-order valence-electron chi connectivity index (χ1n) is 8.11. The molecular formula is C18H24O6. The first-order chi connectivity index (χ1) is 11.5. The van der Waals surface area contributed by atoms with Crippen LogP contribution in [0.15, 0.2) is 30.3 Å². The van der Waals surface area contributed by atoms with E-state index in [9.17, 15) is 14.7 Å². The van der Waals surface area contributed by atoms with Crippen LogP contribution < -0.4 is 0 Å². The van der Waals surface area contributed by atoms with E-state index in [0.29, 0.717) is 12.8 Å². The van der Waals surface area contributed by atoms with Gasteiger partial charge in [-0.25, -0.2) is 0 Å². The molecular weight excluding hydrogens is 312 g/mol. The number of hydrogen-bond donors (Lipinski definition) is 2. The summed E-state index contributed by atoms with van der Waals surface area (Å²) in [5.74, 6) is -2.47. The van der Waals surface area contributed by atoms with E-state index in [1.54, 1.807) is 0 Å². The van der Waals surface area contributed by atoms with Gasteiger partial charge < -0.3 is 19.7 Å². The summed E-state index contributed by atoms with van der Waals surface area (Å²) in [7, 11) is 1.26. The summed E-state index contributed by atoms with van der Waals surface area (Å²) < 4.78 is 10.1. The molecule has 24 heavy (non-hydrogen) atoms. The molecule has 0 radical (unpaired) electrons. The Labute approximate surface area is 141 Å². The minimum atomic E-state index is -1.15. The molecule has 1 saturated carbocycles. The fraction of sp³-hybridized carbons (Fsp3) is 0.556. The van der Waals surface area contributed by atoms with Crippen molar-refractivity contribution in [2.24, 2.45) is 11.8 Å². The highest BCUT2D eigenvalue weighted by atomic mass is 16.5. The van der Waals surface area contributed by atoms with Crippen LogP contribution in [0.1, 0.15) is 31.2 Å². The monoisotopic (exact) mass is 336 g/mol. The maximum Gasteiger partial charge on any atom is 0.310 e. The van der Waals surface area contributed by atoms with E-state index in [-0.39, 0.29) is 26.1 Å². The van der Waals surface area contributed by atoms with Crippen molar-refractivity contribution in [1.29, 1.82) is 0 Å². The molecule has 6 nitrogen and oxygen atoms in total. The summed E-state index contributed by atoms with van der Waals surface area (Å²) in [6.07, 6.45) is 1.03. The number of carbonyl (C=O) groups excluding carboxylic acids is 2. The summed E-state index contributed by atoms with van der Waals surface area (Å²) in [6.45, 7) is 0.0768. The van der Waals surface area contributed by atoms with Crippen LogP contribution in [0.3, 0.4) is 0 Å². The zero-order chi connectivity index (χ0) is 17.6. The Morgan fingerprint density at radius 1 is 1.17 bits per heavy atom.